The van der Waals surface area contributed by atoms with Crippen molar-refractivity contribution in [3.63, 3.8) is 0 Å². The molecule has 6 heteroatoms. The molecule has 128 valence electrons. The predicted octanol–water partition coefficient (Wildman–Crippen LogP) is 2.67. The van der Waals surface area contributed by atoms with E-state index < -0.39 is 5.60 Å². The van der Waals surface area contributed by atoms with Gasteiger partial charge in [0.15, 0.2) is 0 Å². The molecule has 0 aliphatic carbocycles. The molecule has 0 saturated heterocycles. The molecule has 0 aromatic rings. The first-order valence-electron chi connectivity index (χ1n) is 7.79. The normalized spacial score (nSPS) is 12.6. The maximum absolute atomic E-state index is 11.6. The summed E-state index contributed by atoms with van der Waals surface area (Å²) in [5, 5.41) is 2.60. The molecule has 22 heavy (non-hydrogen) atoms. The highest BCUT2D eigenvalue weighted by Crippen LogP contribution is 2.10. The number of thiol groups is 1. The Morgan fingerprint density at radius 1 is 1.09 bits per heavy atom. The van der Waals surface area contributed by atoms with Crippen molar-refractivity contribution < 1.29 is 19.1 Å². The minimum atomic E-state index is -0.482. The number of esters is 1. The van der Waals surface area contributed by atoms with E-state index in [0.29, 0.717) is 19.4 Å². The molecule has 0 aromatic heterocycles. The Bertz CT molecular complexity index is 377. The van der Waals surface area contributed by atoms with Crippen molar-refractivity contribution in [3.05, 3.63) is 0 Å². The monoisotopic (exact) mass is 331 g/mol. The Morgan fingerprint density at radius 2 is 1.73 bits per heavy atom. The van der Waals surface area contributed by atoms with Gasteiger partial charge in [-0.1, -0.05) is 6.42 Å². The Kier molecular flexibility index (Phi) is 10.1. The van der Waals surface area contributed by atoms with Crippen LogP contribution in [0.2, 0.25) is 0 Å². The molecule has 0 rings (SSSR count). The molecule has 0 fully saturated rings. The topological polar surface area (TPSA) is 72.5 Å². The molecule has 1 amide bonds. The zero-order valence-electron chi connectivity index (χ0n) is 14.1. The molecule has 0 radical (unpaired) electrons. The SMILES string of the molecule is CC(=O)C(S)CCCCNC(=O)CCCC(=O)OC(C)(C)C. The molecule has 1 atom stereocenters. The number of Topliss-reactive ketones (excluding diaryl/α,β-unsaturated/α-hetero) is 1. The zero-order valence-corrected chi connectivity index (χ0v) is 15.0. The van der Waals surface area contributed by atoms with Crippen molar-refractivity contribution in [1.82, 2.24) is 5.32 Å². The lowest BCUT2D eigenvalue weighted by Crippen LogP contribution is -2.26. The van der Waals surface area contributed by atoms with Crippen LogP contribution in [0.4, 0.5) is 0 Å². The number of carbonyl (C=O) groups excluding carboxylic acids is 3. The highest BCUT2D eigenvalue weighted by Gasteiger charge is 2.16. The number of ether oxygens (including phenoxy) is 1. The van der Waals surface area contributed by atoms with Crippen molar-refractivity contribution in [3.8, 4) is 0 Å². The molecule has 0 spiro atoms. The quantitative estimate of drug-likeness (QED) is 0.367. The Balaban J connectivity index is 3.59. The molecule has 0 heterocycles. The van der Waals surface area contributed by atoms with Crippen LogP contribution in [0.3, 0.4) is 0 Å². The van der Waals surface area contributed by atoms with E-state index in [-0.39, 0.29) is 29.3 Å². The van der Waals surface area contributed by atoms with Crippen LogP contribution < -0.4 is 5.32 Å². The number of amides is 1. The summed E-state index contributed by atoms with van der Waals surface area (Å²) in [5.74, 6) is -0.253. The molecule has 1 unspecified atom stereocenters. The van der Waals surface area contributed by atoms with E-state index in [2.05, 4.69) is 17.9 Å². The van der Waals surface area contributed by atoms with E-state index in [4.69, 9.17) is 4.74 Å². The summed E-state index contributed by atoms with van der Waals surface area (Å²) in [4.78, 5) is 34.0. The third-order valence-electron chi connectivity index (χ3n) is 2.90. The number of unbranched alkanes of at least 4 members (excludes halogenated alkanes) is 1. The standard InChI is InChI=1S/C16H29NO4S/c1-12(18)13(22)8-5-6-11-17-14(19)9-7-10-15(20)21-16(2,3)4/h13,22H,5-11H2,1-4H3,(H,17,19). The third-order valence-corrected chi connectivity index (χ3v) is 3.52. The van der Waals surface area contributed by atoms with Gasteiger partial charge in [-0.15, -0.1) is 0 Å². The zero-order chi connectivity index (χ0) is 17.2. The van der Waals surface area contributed by atoms with E-state index in [1.165, 1.54) is 6.92 Å². The van der Waals surface area contributed by atoms with Crippen LogP contribution in [0.25, 0.3) is 0 Å². The van der Waals surface area contributed by atoms with E-state index in [1.807, 2.05) is 20.8 Å². The van der Waals surface area contributed by atoms with Gasteiger partial charge in [0.2, 0.25) is 5.91 Å². The van der Waals surface area contributed by atoms with Crippen LogP contribution in [-0.4, -0.2) is 35.1 Å². The Labute approximate surface area is 139 Å². The summed E-state index contributed by atoms with van der Waals surface area (Å²) in [7, 11) is 0. The predicted molar refractivity (Wildman–Crippen MR) is 90.0 cm³/mol. The number of nitrogens with one attached hydrogen (secondary N) is 1. The molecule has 0 bridgehead atoms. The second-order valence-electron chi connectivity index (χ2n) is 6.41. The summed E-state index contributed by atoms with van der Waals surface area (Å²) in [5.41, 5.74) is -0.482. The van der Waals surface area contributed by atoms with E-state index in [1.54, 1.807) is 0 Å². The lowest BCUT2D eigenvalue weighted by molar-refractivity contribution is -0.154. The number of hydrogen-bond donors (Lipinski definition) is 2. The lowest BCUT2D eigenvalue weighted by Gasteiger charge is -2.19. The van der Waals surface area contributed by atoms with Gasteiger partial charge in [0.1, 0.15) is 11.4 Å². The number of ketones is 1. The van der Waals surface area contributed by atoms with Crippen molar-refractivity contribution in [2.75, 3.05) is 6.54 Å². The summed E-state index contributed by atoms with van der Waals surface area (Å²) < 4.78 is 5.17. The minimum Gasteiger partial charge on any atom is -0.460 e. The van der Waals surface area contributed by atoms with Gasteiger partial charge in [0.05, 0.1) is 5.25 Å². The van der Waals surface area contributed by atoms with Gasteiger partial charge >= 0.3 is 5.97 Å². The molecule has 1 N–H and O–H groups in total. The summed E-state index contributed by atoms with van der Waals surface area (Å²) in [6, 6.07) is 0. The summed E-state index contributed by atoms with van der Waals surface area (Å²) in [6.07, 6.45) is 3.47. The molecular weight excluding hydrogens is 302 g/mol. The average Bonchev–Trinajstić information content (AvgIpc) is 2.35. The number of hydrogen-bond acceptors (Lipinski definition) is 5. The second kappa shape index (κ2) is 10.6. The Hall–Kier alpha value is -1.04. The summed E-state index contributed by atoms with van der Waals surface area (Å²) in [6.45, 7) is 7.57. The smallest absolute Gasteiger partial charge is 0.306 e. The molecule has 5 nitrogen and oxygen atoms in total. The van der Waals surface area contributed by atoms with Gasteiger partial charge in [0.25, 0.3) is 0 Å². The highest BCUT2D eigenvalue weighted by atomic mass is 32.1. The molecule has 0 aliphatic heterocycles. The van der Waals surface area contributed by atoms with Gasteiger partial charge < -0.3 is 10.1 Å². The molecule has 0 aliphatic rings. The second-order valence-corrected chi connectivity index (χ2v) is 7.04. The van der Waals surface area contributed by atoms with Gasteiger partial charge in [-0.3, -0.25) is 14.4 Å². The number of carbonyl (C=O) groups is 3. The van der Waals surface area contributed by atoms with Crippen LogP contribution in [0.1, 0.15) is 66.2 Å². The molecular formula is C16H29NO4S. The first kappa shape index (κ1) is 21.0. The maximum atomic E-state index is 11.6. The largest absolute Gasteiger partial charge is 0.460 e. The van der Waals surface area contributed by atoms with Crippen LogP contribution in [0.15, 0.2) is 0 Å². The van der Waals surface area contributed by atoms with Crippen molar-refractivity contribution >= 4 is 30.3 Å². The van der Waals surface area contributed by atoms with Gasteiger partial charge in [-0.25, -0.2) is 0 Å². The molecule has 0 saturated carbocycles. The van der Waals surface area contributed by atoms with Crippen molar-refractivity contribution in [1.29, 1.82) is 0 Å². The van der Waals surface area contributed by atoms with Crippen LogP contribution in [0, 0.1) is 0 Å². The van der Waals surface area contributed by atoms with Crippen molar-refractivity contribution in [2.45, 2.75) is 77.1 Å². The average molecular weight is 331 g/mol. The van der Waals surface area contributed by atoms with E-state index in [9.17, 15) is 14.4 Å². The Morgan fingerprint density at radius 3 is 2.27 bits per heavy atom. The summed E-state index contributed by atoms with van der Waals surface area (Å²) >= 11 is 4.18. The lowest BCUT2D eigenvalue weighted by atomic mass is 10.1. The van der Waals surface area contributed by atoms with Crippen LogP contribution >= 0.6 is 12.6 Å². The van der Waals surface area contributed by atoms with Crippen LogP contribution in [0.5, 0.6) is 0 Å². The fraction of sp³-hybridized carbons (Fsp3) is 0.812. The van der Waals surface area contributed by atoms with Gasteiger partial charge in [0, 0.05) is 19.4 Å². The first-order chi connectivity index (χ1) is 10.1. The third kappa shape index (κ3) is 12.7. The van der Waals surface area contributed by atoms with Gasteiger partial charge in [-0.2, -0.15) is 12.6 Å². The number of rotatable bonds is 10. The van der Waals surface area contributed by atoms with E-state index >= 15 is 0 Å². The van der Waals surface area contributed by atoms with E-state index in [0.717, 1.165) is 19.3 Å². The maximum Gasteiger partial charge on any atom is 0.306 e. The fourth-order valence-corrected chi connectivity index (χ4v) is 1.95. The fourth-order valence-electron chi connectivity index (χ4n) is 1.77. The van der Waals surface area contributed by atoms with Gasteiger partial charge in [-0.05, 0) is 47.0 Å². The highest BCUT2D eigenvalue weighted by molar-refractivity contribution is 7.81. The molecule has 0 aromatic carbocycles. The first-order valence-corrected chi connectivity index (χ1v) is 8.30. The van der Waals surface area contributed by atoms with Crippen molar-refractivity contribution in [2.24, 2.45) is 0 Å². The van der Waals surface area contributed by atoms with Crippen LogP contribution in [-0.2, 0) is 19.1 Å². The minimum absolute atomic E-state index is 0.0578.